The maximum absolute atomic E-state index is 13.5. The molecule has 2 atom stereocenters. The van der Waals surface area contributed by atoms with Crippen LogP contribution in [0.3, 0.4) is 0 Å². The predicted octanol–water partition coefficient (Wildman–Crippen LogP) is 4.66. The standard InChI is InChI=1S/C29H31FN2O4/c1-18-13-27(35-3)19(2)12-23(18)16-32-17-25(15-26(32)29(34)36-4)31-28(33)21-10-8-20(9-11-21)22-6-5-7-24(30)14-22/h5-14,25-26H,15-17H2,1-4H3,(H,31,33)/t25-,26+/m1/s1. The van der Waals surface area contributed by atoms with Gasteiger partial charge in [0.25, 0.3) is 5.91 Å². The summed E-state index contributed by atoms with van der Waals surface area (Å²) in [6.07, 6.45) is 0.466. The fourth-order valence-corrected chi connectivity index (χ4v) is 4.77. The second kappa shape index (κ2) is 10.9. The van der Waals surface area contributed by atoms with E-state index in [-0.39, 0.29) is 23.7 Å². The SMILES string of the molecule is COC(=O)[C@@H]1C[C@@H](NC(=O)c2ccc(-c3cccc(F)c3)cc2)CN1Cc1cc(C)c(OC)cc1C. The highest BCUT2D eigenvalue weighted by Crippen LogP contribution is 2.27. The van der Waals surface area contributed by atoms with Crippen LogP contribution in [0.25, 0.3) is 11.1 Å². The van der Waals surface area contributed by atoms with Crippen LogP contribution in [0.2, 0.25) is 0 Å². The molecule has 1 aliphatic rings. The molecule has 1 N–H and O–H groups in total. The first-order chi connectivity index (χ1) is 17.3. The molecule has 6 nitrogen and oxygen atoms in total. The Morgan fingerprint density at radius 3 is 2.42 bits per heavy atom. The van der Waals surface area contributed by atoms with Gasteiger partial charge in [0, 0.05) is 24.7 Å². The lowest BCUT2D eigenvalue weighted by Gasteiger charge is -2.23. The van der Waals surface area contributed by atoms with Crippen LogP contribution >= 0.6 is 0 Å². The number of hydrogen-bond donors (Lipinski definition) is 1. The van der Waals surface area contributed by atoms with E-state index in [4.69, 9.17) is 9.47 Å². The third kappa shape index (κ3) is 5.57. The van der Waals surface area contributed by atoms with Crippen molar-refractivity contribution in [2.75, 3.05) is 20.8 Å². The molecule has 4 rings (SSSR count). The lowest BCUT2D eigenvalue weighted by molar-refractivity contribution is -0.146. The van der Waals surface area contributed by atoms with E-state index in [1.54, 1.807) is 37.4 Å². The number of hydrogen-bond acceptors (Lipinski definition) is 5. The van der Waals surface area contributed by atoms with Crippen molar-refractivity contribution >= 4 is 11.9 Å². The molecule has 1 heterocycles. The van der Waals surface area contributed by atoms with Crippen molar-refractivity contribution in [3.63, 3.8) is 0 Å². The number of aryl methyl sites for hydroxylation is 2. The van der Waals surface area contributed by atoms with Crippen LogP contribution in [0.4, 0.5) is 4.39 Å². The van der Waals surface area contributed by atoms with Gasteiger partial charge in [-0.2, -0.15) is 0 Å². The largest absolute Gasteiger partial charge is 0.496 e. The molecule has 1 saturated heterocycles. The van der Waals surface area contributed by atoms with Gasteiger partial charge in [-0.1, -0.05) is 30.3 Å². The number of carbonyl (C=O) groups is 2. The van der Waals surface area contributed by atoms with Gasteiger partial charge in [0.2, 0.25) is 0 Å². The highest BCUT2D eigenvalue weighted by Gasteiger charge is 2.38. The number of esters is 1. The van der Waals surface area contributed by atoms with Crippen LogP contribution in [0.5, 0.6) is 5.75 Å². The molecule has 188 valence electrons. The summed E-state index contributed by atoms with van der Waals surface area (Å²) in [5.74, 6) is -0.00202. The minimum atomic E-state index is -0.447. The minimum absolute atomic E-state index is 0.204. The Bertz CT molecular complexity index is 1260. The molecule has 0 aromatic heterocycles. The zero-order chi connectivity index (χ0) is 25.8. The Labute approximate surface area is 211 Å². The number of likely N-dealkylation sites (tertiary alicyclic amines) is 1. The first-order valence-corrected chi connectivity index (χ1v) is 11.9. The van der Waals surface area contributed by atoms with Gasteiger partial charge in [-0.25, -0.2) is 4.39 Å². The minimum Gasteiger partial charge on any atom is -0.496 e. The molecule has 1 amide bonds. The molecular formula is C29H31FN2O4. The van der Waals surface area contributed by atoms with Crippen LogP contribution in [-0.4, -0.2) is 49.6 Å². The van der Waals surface area contributed by atoms with Crippen LogP contribution in [0, 0.1) is 19.7 Å². The van der Waals surface area contributed by atoms with Crippen molar-refractivity contribution < 1.29 is 23.5 Å². The molecule has 1 aliphatic heterocycles. The van der Waals surface area contributed by atoms with E-state index in [1.165, 1.54) is 19.2 Å². The smallest absolute Gasteiger partial charge is 0.323 e. The number of benzene rings is 3. The molecule has 0 saturated carbocycles. The Balaban J connectivity index is 1.46. The first kappa shape index (κ1) is 25.4. The molecule has 36 heavy (non-hydrogen) atoms. The number of rotatable bonds is 7. The third-order valence-corrected chi connectivity index (χ3v) is 6.74. The third-order valence-electron chi connectivity index (χ3n) is 6.74. The number of amides is 1. The number of nitrogens with one attached hydrogen (secondary N) is 1. The van der Waals surface area contributed by atoms with Crippen molar-refractivity contribution in [3.05, 3.63) is 88.7 Å². The molecular weight excluding hydrogens is 459 g/mol. The van der Waals surface area contributed by atoms with Crippen LogP contribution in [0.1, 0.15) is 33.5 Å². The molecule has 3 aromatic rings. The maximum Gasteiger partial charge on any atom is 0.323 e. The van der Waals surface area contributed by atoms with Crippen molar-refractivity contribution in [2.45, 2.75) is 38.9 Å². The summed E-state index contributed by atoms with van der Waals surface area (Å²) < 4.78 is 24.0. The van der Waals surface area contributed by atoms with Gasteiger partial charge < -0.3 is 14.8 Å². The molecule has 3 aromatic carbocycles. The Hall–Kier alpha value is -3.71. The number of halogens is 1. The number of nitrogens with zero attached hydrogens (tertiary/aromatic N) is 1. The lowest BCUT2D eigenvalue weighted by atomic mass is 10.0. The van der Waals surface area contributed by atoms with Crippen molar-refractivity contribution in [3.8, 4) is 16.9 Å². The van der Waals surface area contributed by atoms with Crippen LogP contribution < -0.4 is 10.1 Å². The second-order valence-electron chi connectivity index (χ2n) is 9.21. The van der Waals surface area contributed by atoms with Crippen molar-refractivity contribution in [2.24, 2.45) is 0 Å². The summed E-state index contributed by atoms with van der Waals surface area (Å²) in [5, 5.41) is 3.06. The highest BCUT2D eigenvalue weighted by atomic mass is 19.1. The maximum atomic E-state index is 13.5. The van der Waals surface area contributed by atoms with E-state index in [1.807, 2.05) is 26.0 Å². The summed E-state index contributed by atoms with van der Waals surface area (Å²) in [6, 6.07) is 16.8. The van der Waals surface area contributed by atoms with E-state index >= 15 is 0 Å². The highest BCUT2D eigenvalue weighted by molar-refractivity contribution is 5.95. The molecule has 0 spiro atoms. The fraction of sp³-hybridized carbons (Fsp3) is 0.310. The van der Waals surface area contributed by atoms with Gasteiger partial charge in [-0.15, -0.1) is 0 Å². The van der Waals surface area contributed by atoms with Gasteiger partial charge in [-0.05, 0) is 78.4 Å². The van der Waals surface area contributed by atoms with E-state index in [0.29, 0.717) is 25.1 Å². The van der Waals surface area contributed by atoms with Gasteiger partial charge in [0.05, 0.1) is 14.2 Å². The molecule has 0 radical (unpaired) electrons. The second-order valence-corrected chi connectivity index (χ2v) is 9.21. The predicted molar refractivity (Wildman–Crippen MR) is 136 cm³/mol. The van der Waals surface area contributed by atoms with E-state index in [9.17, 15) is 14.0 Å². The zero-order valence-corrected chi connectivity index (χ0v) is 21.0. The Kier molecular flexibility index (Phi) is 7.70. The molecule has 0 bridgehead atoms. The van der Waals surface area contributed by atoms with Crippen molar-refractivity contribution in [1.82, 2.24) is 10.2 Å². The van der Waals surface area contributed by atoms with E-state index in [2.05, 4.69) is 16.3 Å². The van der Waals surface area contributed by atoms with Gasteiger partial charge in [0.15, 0.2) is 0 Å². The number of carbonyl (C=O) groups excluding carboxylic acids is 2. The van der Waals surface area contributed by atoms with Gasteiger partial charge >= 0.3 is 5.97 Å². The van der Waals surface area contributed by atoms with Crippen LogP contribution in [-0.2, 0) is 16.1 Å². The Morgan fingerprint density at radius 2 is 1.75 bits per heavy atom. The average molecular weight is 491 g/mol. The quantitative estimate of drug-likeness (QED) is 0.488. The topological polar surface area (TPSA) is 67.9 Å². The molecule has 0 unspecified atom stereocenters. The molecule has 1 fully saturated rings. The summed E-state index contributed by atoms with van der Waals surface area (Å²) in [5.41, 5.74) is 5.28. The molecule has 0 aliphatic carbocycles. The molecule has 7 heteroatoms. The summed E-state index contributed by atoms with van der Waals surface area (Å²) in [4.78, 5) is 27.6. The fourth-order valence-electron chi connectivity index (χ4n) is 4.77. The Morgan fingerprint density at radius 1 is 1.00 bits per heavy atom. The summed E-state index contributed by atoms with van der Waals surface area (Å²) in [6.45, 7) is 5.10. The van der Waals surface area contributed by atoms with E-state index < -0.39 is 6.04 Å². The monoisotopic (exact) mass is 490 g/mol. The first-order valence-electron chi connectivity index (χ1n) is 11.9. The van der Waals surface area contributed by atoms with Crippen LogP contribution in [0.15, 0.2) is 60.7 Å². The number of methoxy groups -OCH3 is 2. The average Bonchev–Trinajstić information content (AvgIpc) is 3.27. The lowest BCUT2D eigenvalue weighted by Crippen LogP contribution is -2.38. The van der Waals surface area contributed by atoms with E-state index in [0.717, 1.165) is 33.6 Å². The zero-order valence-electron chi connectivity index (χ0n) is 21.0. The van der Waals surface area contributed by atoms with Gasteiger partial charge in [-0.3, -0.25) is 14.5 Å². The normalized spacial score (nSPS) is 17.6. The summed E-state index contributed by atoms with van der Waals surface area (Å²) in [7, 11) is 3.03. The van der Waals surface area contributed by atoms with Gasteiger partial charge in [0.1, 0.15) is 17.6 Å². The number of ether oxygens (including phenoxy) is 2. The summed E-state index contributed by atoms with van der Waals surface area (Å²) >= 11 is 0. The van der Waals surface area contributed by atoms with Crippen molar-refractivity contribution in [1.29, 1.82) is 0 Å².